The Morgan fingerprint density at radius 1 is 1.59 bits per heavy atom. The van der Waals surface area contributed by atoms with Gasteiger partial charge in [0.1, 0.15) is 5.60 Å². The maximum absolute atomic E-state index is 12.0. The number of nitrogen functional groups attached to an aromatic ring is 1. The predicted molar refractivity (Wildman–Crippen MR) is 70.2 cm³/mol. The van der Waals surface area contributed by atoms with Gasteiger partial charge in [0, 0.05) is 12.8 Å². The van der Waals surface area contributed by atoms with E-state index in [1.165, 1.54) is 7.11 Å². The van der Waals surface area contributed by atoms with Gasteiger partial charge in [0.2, 0.25) is 0 Å². The van der Waals surface area contributed by atoms with E-state index in [2.05, 4.69) is 5.32 Å². The van der Waals surface area contributed by atoms with E-state index >= 15 is 0 Å². The smallest absolute Gasteiger partial charge is 0.256 e. The highest BCUT2D eigenvalue weighted by atomic mass is 35.5. The Hall–Kier alpha value is -1.26. The van der Waals surface area contributed by atoms with E-state index in [-0.39, 0.29) is 5.91 Å². The Morgan fingerprint density at radius 2 is 2.24 bits per heavy atom. The van der Waals surface area contributed by atoms with Gasteiger partial charge in [0.05, 0.1) is 10.7 Å². The summed E-state index contributed by atoms with van der Waals surface area (Å²) in [4.78, 5) is 12.0. The minimum Gasteiger partial charge on any atom is -0.397 e. The van der Waals surface area contributed by atoms with Crippen LogP contribution in [0.5, 0.6) is 0 Å². The molecule has 0 saturated carbocycles. The van der Waals surface area contributed by atoms with Crippen molar-refractivity contribution < 1.29 is 9.53 Å². The van der Waals surface area contributed by atoms with Crippen LogP contribution in [0.25, 0.3) is 0 Å². The van der Waals surface area contributed by atoms with E-state index in [9.17, 15) is 4.79 Å². The molecule has 0 bridgehead atoms. The number of ether oxygens (including phenoxy) is 1. The van der Waals surface area contributed by atoms with Crippen molar-refractivity contribution in [3.8, 4) is 0 Å². The molecule has 4 nitrogen and oxygen atoms in total. The van der Waals surface area contributed by atoms with E-state index in [4.69, 9.17) is 22.1 Å². The van der Waals surface area contributed by atoms with Crippen LogP contribution in [0.15, 0.2) is 18.2 Å². The fraction of sp³-hybridized carbons (Fsp3) is 0.417. The Morgan fingerprint density at radius 3 is 2.71 bits per heavy atom. The number of hydrogen-bond donors (Lipinski definition) is 2. The number of carbonyl (C=O) groups excluding carboxylic acids is 1. The van der Waals surface area contributed by atoms with Crippen molar-refractivity contribution in [2.75, 3.05) is 18.2 Å². The molecule has 1 atom stereocenters. The normalized spacial score (nSPS) is 14.1. The summed E-state index contributed by atoms with van der Waals surface area (Å²) in [6.07, 6.45) is 0.582. The molecule has 0 heterocycles. The van der Waals surface area contributed by atoms with Gasteiger partial charge >= 0.3 is 0 Å². The maximum Gasteiger partial charge on any atom is 0.256 e. The average molecular weight is 257 g/mol. The van der Waals surface area contributed by atoms with Crippen LogP contribution in [0, 0.1) is 0 Å². The van der Waals surface area contributed by atoms with Crippen molar-refractivity contribution in [3.63, 3.8) is 0 Å². The summed E-state index contributed by atoms with van der Waals surface area (Å²) in [5, 5.41) is 3.22. The van der Waals surface area contributed by atoms with Gasteiger partial charge in [-0.15, -0.1) is 0 Å². The lowest BCUT2D eigenvalue weighted by Gasteiger charge is -2.25. The van der Waals surface area contributed by atoms with Crippen LogP contribution < -0.4 is 11.1 Å². The summed E-state index contributed by atoms with van der Waals surface area (Å²) in [6, 6.07) is 4.96. The number of methoxy groups -OCH3 is 1. The van der Waals surface area contributed by atoms with Gasteiger partial charge in [0.25, 0.3) is 5.91 Å². The van der Waals surface area contributed by atoms with Crippen LogP contribution in [0.1, 0.15) is 20.3 Å². The zero-order valence-electron chi connectivity index (χ0n) is 10.2. The second kappa shape index (κ2) is 5.38. The lowest BCUT2D eigenvalue weighted by Crippen LogP contribution is -2.41. The molecule has 1 unspecified atom stereocenters. The second-order valence-corrected chi connectivity index (χ2v) is 4.39. The average Bonchev–Trinajstić information content (AvgIpc) is 2.32. The minimum absolute atomic E-state index is 0.204. The van der Waals surface area contributed by atoms with Crippen LogP contribution in [0.4, 0.5) is 11.4 Å². The summed E-state index contributed by atoms with van der Waals surface area (Å²) in [6.45, 7) is 3.63. The van der Waals surface area contributed by atoms with Crippen molar-refractivity contribution in [1.82, 2.24) is 0 Å². The number of anilines is 2. The maximum atomic E-state index is 12.0. The Balaban J connectivity index is 2.84. The third-order valence-electron chi connectivity index (χ3n) is 2.86. The SMILES string of the molecule is CCC(C)(OC)C(=O)Nc1ccc(Cl)c(N)c1. The monoisotopic (exact) mass is 256 g/mol. The lowest BCUT2D eigenvalue weighted by atomic mass is 10.0. The molecular formula is C12H17ClN2O2. The zero-order chi connectivity index (χ0) is 13.1. The Bertz CT molecular complexity index is 417. The highest BCUT2D eigenvalue weighted by Crippen LogP contribution is 2.24. The number of halogens is 1. The lowest BCUT2D eigenvalue weighted by molar-refractivity contribution is -0.136. The Kier molecular flexibility index (Phi) is 4.37. The first-order valence-electron chi connectivity index (χ1n) is 5.34. The largest absolute Gasteiger partial charge is 0.397 e. The first-order chi connectivity index (χ1) is 7.92. The number of hydrogen-bond acceptors (Lipinski definition) is 3. The highest BCUT2D eigenvalue weighted by Gasteiger charge is 2.30. The standard InChI is InChI=1S/C12H17ClN2O2/c1-4-12(2,17-3)11(16)15-8-5-6-9(13)10(14)7-8/h5-7H,4,14H2,1-3H3,(H,15,16). The zero-order valence-corrected chi connectivity index (χ0v) is 11.0. The van der Waals surface area contributed by atoms with Crippen molar-refractivity contribution in [2.45, 2.75) is 25.9 Å². The molecule has 3 N–H and O–H groups in total. The summed E-state index contributed by atoms with van der Waals surface area (Å²) in [5.41, 5.74) is 5.85. The first kappa shape index (κ1) is 13.8. The van der Waals surface area contributed by atoms with Gasteiger partial charge in [-0.2, -0.15) is 0 Å². The number of rotatable bonds is 4. The fourth-order valence-corrected chi connectivity index (χ4v) is 1.40. The topological polar surface area (TPSA) is 64.3 Å². The van der Waals surface area contributed by atoms with Gasteiger partial charge in [0.15, 0.2) is 0 Å². The highest BCUT2D eigenvalue weighted by molar-refractivity contribution is 6.33. The van der Waals surface area contributed by atoms with Crippen LogP contribution >= 0.6 is 11.6 Å². The van der Waals surface area contributed by atoms with E-state index in [1.54, 1.807) is 25.1 Å². The number of carbonyl (C=O) groups is 1. The molecular weight excluding hydrogens is 240 g/mol. The van der Waals surface area contributed by atoms with Gasteiger partial charge in [-0.25, -0.2) is 0 Å². The van der Waals surface area contributed by atoms with Crippen LogP contribution in [-0.2, 0) is 9.53 Å². The van der Waals surface area contributed by atoms with Crippen molar-refractivity contribution in [2.24, 2.45) is 0 Å². The van der Waals surface area contributed by atoms with E-state index in [0.717, 1.165) is 0 Å². The summed E-state index contributed by atoms with van der Waals surface area (Å²) < 4.78 is 5.21. The first-order valence-corrected chi connectivity index (χ1v) is 5.72. The number of nitrogens with one attached hydrogen (secondary N) is 1. The number of benzene rings is 1. The third-order valence-corrected chi connectivity index (χ3v) is 3.20. The van der Waals surface area contributed by atoms with E-state index < -0.39 is 5.60 Å². The van der Waals surface area contributed by atoms with Gasteiger partial charge in [-0.1, -0.05) is 18.5 Å². The van der Waals surface area contributed by atoms with Gasteiger partial charge < -0.3 is 15.8 Å². The quantitative estimate of drug-likeness (QED) is 0.814. The third kappa shape index (κ3) is 3.11. The molecule has 0 spiro atoms. The summed E-state index contributed by atoms with van der Waals surface area (Å²) in [5.74, 6) is -0.204. The van der Waals surface area contributed by atoms with E-state index in [1.807, 2.05) is 6.92 Å². The molecule has 0 fully saturated rings. The molecule has 5 heteroatoms. The van der Waals surface area contributed by atoms with Gasteiger partial charge in [-0.3, -0.25) is 4.79 Å². The fourth-order valence-electron chi connectivity index (χ4n) is 1.28. The molecule has 0 aromatic heterocycles. The molecule has 0 aliphatic carbocycles. The summed E-state index contributed by atoms with van der Waals surface area (Å²) in [7, 11) is 1.51. The molecule has 0 aliphatic heterocycles. The van der Waals surface area contributed by atoms with E-state index in [0.29, 0.717) is 22.8 Å². The molecule has 0 saturated heterocycles. The molecule has 1 aromatic carbocycles. The molecule has 0 radical (unpaired) electrons. The molecule has 94 valence electrons. The minimum atomic E-state index is -0.839. The van der Waals surface area contributed by atoms with Crippen LogP contribution in [0.2, 0.25) is 5.02 Å². The van der Waals surface area contributed by atoms with Gasteiger partial charge in [-0.05, 0) is 31.5 Å². The van der Waals surface area contributed by atoms with Crippen molar-refractivity contribution >= 4 is 28.9 Å². The summed E-state index contributed by atoms with van der Waals surface area (Å²) >= 11 is 5.80. The molecule has 17 heavy (non-hydrogen) atoms. The molecule has 0 aliphatic rings. The molecule has 1 amide bonds. The van der Waals surface area contributed by atoms with Crippen LogP contribution in [-0.4, -0.2) is 18.6 Å². The molecule has 1 aromatic rings. The number of nitrogens with two attached hydrogens (primary N) is 1. The van der Waals surface area contributed by atoms with Crippen LogP contribution in [0.3, 0.4) is 0 Å². The predicted octanol–water partition coefficient (Wildman–Crippen LogP) is 2.68. The Labute approximate surface area is 106 Å². The van der Waals surface area contributed by atoms with Crippen molar-refractivity contribution in [3.05, 3.63) is 23.2 Å². The second-order valence-electron chi connectivity index (χ2n) is 3.98. The van der Waals surface area contributed by atoms with Crippen molar-refractivity contribution in [1.29, 1.82) is 0 Å². The molecule has 1 rings (SSSR count). The number of amides is 1.